The Kier molecular flexibility index (Phi) is 1.08. The Morgan fingerprint density at radius 1 is 1.67 bits per heavy atom. The Bertz CT molecular complexity index is 148. The van der Waals surface area contributed by atoms with Crippen molar-refractivity contribution in [3.05, 3.63) is 0 Å². The lowest BCUT2D eigenvalue weighted by Gasteiger charge is -2.37. The van der Waals surface area contributed by atoms with Crippen molar-refractivity contribution in [3.63, 3.8) is 0 Å². The molecule has 0 saturated carbocycles. The van der Waals surface area contributed by atoms with E-state index in [-0.39, 0.29) is 17.9 Å². The molecule has 0 aliphatic carbocycles. The fourth-order valence-electron chi connectivity index (χ4n) is 0.628. The van der Waals surface area contributed by atoms with Crippen LogP contribution in [0.3, 0.4) is 0 Å². The Morgan fingerprint density at radius 2 is 2.22 bits per heavy atom. The first-order valence-electron chi connectivity index (χ1n) is 2.42. The van der Waals surface area contributed by atoms with E-state index in [1.54, 1.807) is 0 Å². The molecule has 0 aromatic rings. The second kappa shape index (κ2) is 1.55. The number of nitrogens with zero attached hydrogens (tertiary/aromatic N) is 1. The van der Waals surface area contributed by atoms with Gasteiger partial charge in [-0.25, -0.2) is 9.69 Å². The van der Waals surface area contributed by atoms with Gasteiger partial charge in [-0.3, -0.25) is 0 Å². The maximum Gasteiger partial charge on any atom is 0.411 e. The van der Waals surface area contributed by atoms with E-state index in [1.807, 2.05) is 0 Å². The van der Waals surface area contributed by atoms with Crippen LogP contribution in [0, 0.1) is 0 Å². The van der Waals surface area contributed by atoms with Gasteiger partial charge in [-0.05, 0) is 0 Å². The topological polar surface area (TPSA) is 40.5 Å². The van der Waals surface area contributed by atoms with Crippen molar-refractivity contribution >= 4 is 6.09 Å². The van der Waals surface area contributed by atoms with E-state index in [1.165, 1.54) is 0 Å². The highest BCUT2D eigenvalue weighted by Gasteiger charge is 2.49. The van der Waals surface area contributed by atoms with E-state index in [0.717, 1.165) is 0 Å². The molecular formula is C4H5F2NO2. The van der Waals surface area contributed by atoms with Gasteiger partial charge in [-0.2, -0.15) is 8.78 Å². The number of carboxylic acid groups (broad SMARTS) is 1. The number of rotatable bonds is 0. The largest absolute Gasteiger partial charge is 0.465 e. The lowest BCUT2D eigenvalue weighted by Crippen LogP contribution is -2.56. The van der Waals surface area contributed by atoms with Gasteiger partial charge in [0.15, 0.2) is 0 Å². The van der Waals surface area contributed by atoms with Crippen molar-refractivity contribution in [1.29, 1.82) is 0 Å². The van der Waals surface area contributed by atoms with Gasteiger partial charge in [-0.15, -0.1) is 0 Å². The highest BCUT2D eigenvalue weighted by molar-refractivity contribution is 5.66. The fourth-order valence-corrected chi connectivity index (χ4v) is 0.628. The molecule has 52 valence electrons. The number of halogens is 2. The highest BCUT2D eigenvalue weighted by atomic mass is 19.3. The molecule has 3 nitrogen and oxygen atoms in total. The second-order valence-corrected chi connectivity index (χ2v) is 1.85. The third-order valence-corrected chi connectivity index (χ3v) is 1.26. The van der Waals surface area contributed by atoms with Gasteiger partial charge in [0.25, 0.3) is 0 Å². The standard InChI is InChI=1S/C4H5F2NO2/c5-4(6)1-2-7(4)3(8)9/h1-2H2,(H,8,9). The smallest absolute Gasteiger partial charge is 0.411 e. The molecule has 0 radical (unpaired) electrons. The van der Waals surface area contributed by atoms with Crippen molar-refractivity contribution < 1.29 is 18.7 Å². The summed E-state index contributed by atoms with van der Waals surface area (Å²) in [7, 11) is 0. The molecule has 0 aromatic carbocycles. The van der Waals surface area contributed by atoms with Crippen molar-refractivity contribution in [2.75, 3.05) is 6.54 Å². The van der Waals surface area contributed by atoms with E-state index in [2.05, 4.69) is 0 Å². The van der Waals surface area contributed by atoms with Crippen LogP contribution >= 0.6 is 0 Å². The molecule has 0 atom stereocenters. The normalized spacial score (nSPS) is 23.1. The summed E-state index contributed by atoms with van der Waals surface area (Å²) in [5.41, 5.74) is 0. The zero-order valence-electron chi connectivity index (χ0n) is 4.47. The minimum Gasteiger partial charge on any atom is -0.465 e. The molecule has 1 heterocycles. The first-order valence-corrected chi connectivity index (χ1v) is 2.42. The third-order valence-electron chi connectivity index (χ3n) is 1.26. The van der Waals surface area contributed by atoms with Crippen LogP contribution in [-0.2, 0) is 0 Å². The molecule has 1 fully saturated rings. The molecule has 1 saturated heterocycles. The van der Waals surface area contributed by atoms with E-state index >= 15 is 0 Å². The van der Waals surface area contributed by atoms with Crippen molar-refractivity contribution in [2.45, 2.75) is 12.5 Å². The predicted molar refractivity (Wildman–Crippen MR) is 24.3 cm³/mol. The summed E-state index contributed by atoms with van der Waals surface area (Å²) in [5.74, 6) is 0. The summed E-state index contributed by atoms with van der Waals surface area (Å²) < 4.78 is 24.0. The minimum absolute atomic E-state index is 0.0532. The van der Waals surface area contributed by atoms with E-state index < -0.39 is 12.1 Å². The molecule has 9 heavy (non-hydrogen) atoms. The van der Waals surface area contributed by atoms with Gasteiger partial charge >= 0.3 is 12.1 Å². The Labute approximate surface area is 49.9 Å². The molecule has 1 aliphatic heterocycles. The number of alkyl halides is 2. The Balaban J connectivity index is 2.55. The summed E-state index contributed by atoms with van der Waals surface area (Å²) in [6, 6.07) is -3.11. The van der Waals surface area contributed by atoms with Gasteiger partial charge in [-0.1, -0.05) is 0 Å². The van der Waals surface area contributed by atoms with Gasteiger partial charge in [0.1, 0.15) is 0 Å². The van der Waals surface area contributed by atoms with Crippen LogP contribution in [0.1, 0.15) is 6.42 Å². The zero-order chi connectivity index (χ0) is 7.07. The number of amides is 1. The summed E-state index contributed by atoms with van der Waals surface area (Å²) >= 11 is 0. The van der Waals surface area contributed by atoms with Crippen LogP contribution in [-0.4, -0.2) is 28.7 Å². The monoisotopic (exact) mass is 137 g/mol. The van der Waals surface area contributed by atoms with Crippen LogP contribution in [0.2, 0.25) is 0 Å². The van der Waals surface area contributed by atoms with E-state index in [0.29, 0.717) is 0 Å². The van der Waals surface area contributed by atoms with Crippen molar-refractivity contribution in [3.8, 4) is 0 Å². The summed E-state index contributed by atoms with van der Waals surface area (Å²) in [5, 5.41) is 8.01. The van der Waals surface area contributed by atoms with Crippen molar-refractivity contribution in [2.24, 2.45) is 0 Å². The van der Waals surface area contributed by atoms with Crippen LogP contribution in [0.4, 0.5) is 13.6 Å². The highest BCUT2D eigenvalue weighted by Crippen LogP contribution is 2.32. The predicted octanol–water partition coefficient (Wildman–Crippen LogP) is 0.963. The van der Waals surface area contributed by atoms with Gasteiger partial charge in [0, 0.05) is 6.54 Å². The number of hydrogen-bond acceptors (Lipinski definition) is 1. The lowest BCUT2D eigenvalue weighted by molar-refractivity contribution is -0.194. The first-order chi connectivity index (χ1) is 4.04. The first kappa shape index (κ1) is 6.25. The van der Waals surface area contributed by atoms with Gasteiger partial charge in [0.05, 0.1) is 6.42 Å². The van der Waals surface area contributed by atoms with Crippen LogP contribution in [0.15, 0.2) is 0 Å². The molecule has 1 rings (SSSR count). The summed E-state index contributed by atoms with van der Waals surface area (Å²) in [4.78, 5) is 9.96. The lowest BCUT2D eigenvalue weighted by atomic mass is 10.2. The molecule has 1 amide bonds. The molecular weight excluding hydrogens is 132 g/mol. The minimum atomic E-state index is -3.11. The molecule has 0 bridgehead atoms. The Hall–Kier alpha value is -0.870. The van der Waals surface area contributed by atoms with Crippen LogP contribution < -0.4 is 0 Å². The molecule has 0 aromatic heterocycles. The van der Waals surface area contributed by atoms with Gasteiger partial charge in [0.2, 0.25) is 0 Å². The molecule has 0 spiro atoms. The molecule has 0 unspecified atom stereocenters. The quantitative estimate of drug-likeness (QED) is 0.505. The fraction of sp³-hybridized carbons (Fsp3) is 0.750. The number of hydrogen-bond donors (Lipinski definition) is 1. The molecule has 5 heteroatoms. The maximum absolute atomic E-state index is 12.0. The third kappa shape index (κ3) is 0.820. The average molecular weight is 137 g/mol. The van der Waals surface area contributed by atoms with E-state index in [4.69, 9.17) is 5.11 Å². The SMILES string of the molecule is O=C(O)N1CCC1(F)F. The van der Waals surface area contributed by atoms with Crippen LogP contribution in [0.5, 0.6) is 0 Å². The second-order valence-electron chi connectivity index (χ2n) is 1.85. The molecule has 1 N–H and O–H groups in total. The number of likely N-dealkylation sites (tertiary alicyclic amines) is 1. The molecule has 1 aliphatic rings. The number of carbonyl (C=O) groups is 1. The summed E-state index contributed by atoms with van der Waals surface area (Å²) in [6.07, 6.45) is -1.90. The van der Waals surface area contributed by atoms with Crippen LogP contribution in [0.25, 0.3) is 0 Å². The maximum atomic E-state index is 12.0. The average Bonchev–Trinajstić information content (AvgIpc) is 1.62. The Morgan fingerprint density at radius 3 is 2.22 bits per heavy atom. The van der Waals surface area contributed by atoms with Gasteiger partial charge < -0.3 is 5.11 Å². The van der Waals surface area contributed by atoms with E-state index in [9.17, 15) is 13.6 Å². The summed E-state index contributed by atoms with van der Waals surface area (Å²) in [6.45, 7) is -0.0532. The zero-order valence-corrected chi connectivity index (χ0v) is 4.47. The van der Waals surface area contributed by atoms with Crippen molar-refractivity contribution in [1.82, 2.24) is 4.90 Å².